The topological polar surface area (TPSA) is 247 Å². The van der Waals surface area contributed by atoms with E-state index < -0.39 is 102 Å². The number of Topliss-reactive ketones (excluding diaryl/α,β-unsaturated/α-hetero) is 2. The average Bonchev–Trinajstić information content (AvgIpc) is 3.99. The molecule has 4 saturated heterocycles. The number of cyclic esters (lactones) is 1. The van der Waals surface area contributed by atoms with Crippen LogP contribution in [0.2, 0.25) is 0 Å². The summed E-state index contributed by atoms with van der Waals surface area (Å²) in [7, 11) is 2.96. The molecule has 5 aliphatic heterocycles. The summed E-state index contributed by atoms with van der Waals surface area (Å²) in [6.07, 6.45) is 8.03. The largest absolute Gasteiger partial charge is 0.460 e. The van der Waals surface area contributed by atoms with E-state index in [9.17, 15) is 44.7 Å². The van der Waals surface area contributed by atoms with Crippen molar-refractivity contribution in [1.29, 1.82) is 0 Å². The number of methoxy groups -OCH3 is 2. The van der Waals surface area contributed by atoms with Gasteiger partial charge in [-0.1, -0.05) is 71.1 Å². The lowest BCUT2D eigenvalue weighted by atomic mass is 9.78. The number of allylic oxidation sites excluding steroid dienone is 5. The molecule has 0 spiro atoms. The van der Waals surface area contributed by atoms with Crippen molar-refractivity contribution in [1.82, 2.24) is 4.90 Å². The highest BCUT2D eigenvalue weighted by Crippen LogP contribution is 2.38. The van der Waals surface area contributed by atoms with Gasteiger partial charge in [0.15, 0.2) is 5.78 Å². The maximum Gasteiger partial charge on any atom is 0.329 e. The fourth-order valence-corrected chi connectivity index (χ4v) is 12.2. The van der Waals surface area contributed by atoms with E-state index in [0.29, 0.717) is 56.9 Å². The van der Waals surface area contributed by atoms with Crippen LogP contribution < -0.4 is 0 Å². The van der Waals surface area contributed by atoms with Gasteiger partial charge in [-0.2, -0.15) is 0 Å². The Bertz CT molecular complexity index is 2040. The third-order valence-corrected chi connectivity index (χ3v) is 17.1. The second-order valence-corrected chi connectivity index (χ2v) is 23.0. The minimum absolute atomic E-state index is 0.00388. The molecule has 5 N–H and O–H groups in total. The molecule has 0 aromatic carbocycles. The second-order valence-electron chi connectivity index (χ2n) is 23.0. The number of hydrogen-bond acceptors (Lipinski definition) is 17. The van der Waals surface area contributed by atoms with E-state index in [0.717, 1.165) is 12.0 Å². The van der Waals surface area contributed by atoms with Crippen LogP contribution >= 0.6 is 0 Å². The summed E-state index contributed by atoms with van der Waals surface area (Å²) >= 11 is 0. The minimum Gasteiger partial charge on any atom is -0.460 e. The Morgan fingerprint density at radius 2 is 1.50 bits per heavy atom. The predicted octanol–water partition coefficient (Wildman–Crippen LogP) is 4.89. The molecule has 18 heteroatoms. The van der Waals surface area contributed by atoms with Gasteiger partial charge in [-0.15, -0.1) is 0 Å². The molecule has 430 valence electrons. The number of aliphatic hydroxyl groups excluding tert-OH is 4. The number of piperidine rings is 1. The molecule has 1 unspecified atom stereocenters. The fraction of sp³-hybridized carbons (Fsp3) is 0.793. The minimum atomic E-state index is -2.50. The first-order valence-electron chi connectivity index (χ1n) is 28.1. The zero-order chi connectivity index (χ0) is 55.4. The van der Waals surface area contributed by atoms with E-state index in [-0.39, 0.29) is 94.1 Å². The van der Waals surface area contributed by atoms with Crippen LogP contribution in [-0.4, -0.2) is 186 Å². The van der Waals surface area contributed by atoms with Crippen LogP contribution in [0.3, 0.4) is 0 Å². The van der Waals surface area contributed by atoms with Crippen LogP contribution in [0.5, 0.6) is 0 Å². The van der Waals surface area contributed by atoms with E-state index in [1.54, 1.807) is 34.0 Å². The monoisotopic (exact) mass is 1070 g/mol. The number of hydrogen-bond donors (Lipinski definition) is 5. The number of carbonyl (C=O) groups excluding carboxylic acids is 4. The summed E-state index contributed by atoms with van der Waals surface area (Å²) in [5.74, 6) is -7.68. The summed E-state index contributed by atoms with van der Waals surface area (Å²) in [4.78, 5) is 58.7. The molecule has 18 nitrogen and oxygen atoms in total. The molecule has 0 aromatic rings. The van der Waals surface area contributed by atoms with Crippen LogP contribution in [0.15, 0.2) is 47.6 Å². The molecule has 2 bridgehead atoms. The zero-order valence-corrected chi connectivity index (χ0v) is 46.5. The van der Waals surface area contributed by atoms with Crippen LogP contribution in [-0.2, 0) is 57.1 Å². The first-order valence-corrected chi connectivity index (χ1v) is 28.1. The molecule has 5 fully saturated rings. The van der Waals surface area contributed by atoms with Crippen molar-refractivity contribution in [3.05, 3.63) is 47.6 Å². The number of aliphatic hydroxyl groups is 5. The van der Waals surface area contributed by atoms with Crippen molar-refractivity contribution >= 4 is 23.4 Å². The number of fused-ring (bicyclic) bond motifs is 4. The highest BCUT2D eigenvalue weighted by molar-refractivity contribution is 6.39. The van der Waals surface area contributed by atoms with Crippen LogP contribution in [0, 0.1) is 35.5 Å². The van der Waals surface area contributed by atoms with Crippen molar-refractivity contribution in [3.63, 3.8) is 0 Å². The number of nitrogens with zero attached hydrogens (tertiary/aromatic N) is 1. The lowest BCUT2D eigenvalue weighted by molar-refractivity contribution is -0.266. The van der Waals surface area contributed by atoms with Crippen molar-refractivity contribution in [2.45, 2.75) is 211 Å². The Kier molecular flexibility index (Phi) is 23.5. The Morgan fingerprint density at radius 1 is 0.763 bits per heavy atom. The predicted molar refractivity (Wildman–Crippen MR) is 280 cm³/mol. The number of ether oxygens (including phenoxy) is 8. The van der Waals surface area contributed by atoms with Gasteiger partial charge in [0.1, 0.15) is 48.8 Å². The van der Waals surface area contributed by atoms with Gasteiger partial charge < -0.3 is 68.3 Å². The maximum atomic E-state index is 14.6. The highest BCUT2D eigenvalue weighted by atomic mass is 16.6. The smallest absolute Gasteiger partial charge is 0.329 e. The number of ketones is 2. The van der Waals surface area contributed by atoms with Crippen molar-refractivity contribution in [2.24, 2.45) is 35.5 Å². The van der Waals surface area contributed by atoms with E-state index in [4.69, 9.17) is 37.9 Å². The maximum absolute atomic E-state index is 14.6. The third kappa shape index (κ3) is 15.8. The van der Waals surface area contributed by atoms with E-state index >= 15 is 0 Å². The number of amides is 1. The quantitative estimate of drug-likeness (QED) is 0.0846. The molecule has 1 saturated carbocycles. The van der Waals surface area contributed by atoms with Gasteiger partial charge in [-0.3, -0.25) is 14.4 Å². The lowest BCUT2D eigenvalue weighted by Crippen LogP contribution is -2.61. The SMILES string of the molecule is CO[C@@H]1C[C@H](C[C@@H](C)[C@@H]2CC(O)[C@H](C)/C=C(\C)[C@@H](O)[C@@H](OC)C(=O)[C@H](C)C[C@H](C)/C=C/C=C/C=C(\C)[C@@H](OCCO[C@@H]3CO[C@H]4[C@@H]3OC[C@H]4O)C[C@@H]3CC[C@@H](C)[C@@](O)(O3)C(=O)C(=O)N3CCCC[C@H]3C(=O)O2)CC[C@H]1O. The zero-order valence-electron chi connectivity index (χ0n) is 46.5. The molecular formula is C58H91NO17. The summed E-state index contributed by atoms with van der Waals surface area (Å²) in [5, 5.41) is 56.4. The molecule has 0 radical (unpaired) electrons. The lowest BCUT2D eigenvalue weighted by Gasteiger charge is -2.43. The first-order chi connectivity index (χ1) is 36.2. The normalized spacial score (nSPS) is 42.9. The van der Waals surface area contributed by atoms with Gasteiger partial charge in [0.2, 0.25) is 5.79 Å². The van der Waals surface area contributed by atoms with E-state index in [1.807, 2.05) is 58.1 Å². The average molecular weight is 1070 g/mol. The highest BCUT2D eigenvalue weighted by Gasteiger charge is 2.53. The van der Waals surface area contributed by atoms with Crippen LogP contribution in [0.4, 0.5) is 0 Å². The van der Waals surface area contributed by atoms with E-state index in [2.05, 4.69) is 0 Å². The molecule has 1 amide bonds. The third-order valence-electron chi connectivity index (χ3n) is 17.1. The Labute approximate surface area is 450 Å². The Morgan fingerprint density at radius 3 is 2.24 bits per heavy atom. The number of esters is 1. The summed E-state index contributed by atoms with van der Waals surface area (Å²) < 4.78 is 47.9. The van der Waals surface area contributed by atoms with Gasteiger partial charge in [0.25, 0.3) is 11.7 Å². The standard InChI is InChI=1S/C58H91NO17/c1-33-15-11-10-12-16-34(2)46(71-23-24-72-49-32-74-52-45(62)31-73-53(49)52)29-41-20-18-39(7)58(68,76-41)55(65)56(66)59-22-14-13-17-42(59)57(67)75-47(36(4)27-40-19-21-43(60)48(28-40)69-8)30-44(61)35(3)26-38(6)51(64)54(70-9)50(63)37(5)25-33/h10-12,15-16,26,33,35-37,39-49,51-54,60-62,64,68H,13-14,17-25,27-32H2,1-9H3/b12-10+,15-11+,34-16+,38-26+/t33-,35-,36-,37-,39-,40+,41+,42+,43-,44?,45-,46+,47+,48-,49-,51-,52-,53-,54+,58-/m1/s1. The van der Waals surface area contributed by atoms with Gasteiger partial charge in [-0.05, 0) is 107 Å². The molecular weight excluding hydrogens is 983 g/mol. The summed E-state index contributed by atoms with van der Waals surface area (Å²) in [6.45, 7) is 13.7. The Balaban J connectivity index is 1.27. The molecule has 6 rings (SSSR count). The number of carbonyl (C=O) groups is 4. The van der Waals surface area contributed by atoms with Crippen molar-refractivity contribution in [3.8, 4) is 0 Å². The Hall–Kier alpha value is -3.24. The molecule has 76 heavy (non-hydrogen) atoms. The van der Waals surface area contributed by atoms with Gasteiger partial charge in [0.05, 0.1) is 56.9 Å². The van der Waals surface area contributed by atoms with E-state index in [1.165, 1.54) is 12.0 Å². The molecule has 0 aromatic heterocycles. The molecule has 5 heterocycles. The summed E-state index contributed by atoms with van der Waals surface area (Å²) in [5.41, 5.74) is 1.25. The molecule has 20 atom stereocenters. The van der Waals surface area contributed by atoms with Crippen LogP contribution in [0.25, 0.3) is 0 Å². The fourth-order valence-electron chi connectivity index (χ4n) is 12.2. The number of rotatable bonds is 10. The van der Waals surface area contributed by atoms with Gasteiger partial charge in [-0.25, -0.2) is 4.79 Å². The first kappa shape index (κ1) is 62.0. The second kappa shape index (κ2) is 28.8. The molecule has 1 aliphatic carbocycles. The van der Waals surface area contributed by atoms with Crippen molar-refractivity contribution < 1.29 is 82.6 Å². The van der Waals surface area contributed by atoms with Gasteiger partial charge >= 0.3 is 5.97 Å². The summed E-state index contributed by atoms with van der Waals surface area (Å²) in [6, 6.07) is -1.15. The van der Waals surface area contributed by atoms with Crippen LogP contribution in [0.1, 0.15) is 126 Å². The molecule has 6 aliphatic rings. The van der Waals surface area contributed by atoms with Gasteiger partial charge in [0, 0.05) is 51.4 Å². The van der Waals surface area contributed by atoms with Crippen molar-refractivity contribution in [2.75, 3.05) is 47.2 Å².